The van der Waals surface area contributed by atoms with Crippen molar-refractivity contribution in [3.8, 4) is 0 Å². The molecule has 0 radical (unpaired) electrons. The van der Waals surface area contributed by atoms with Gasteiger partial charge in [-0.15, -0.1) is 0 Å². The Morgan fingerprint density at radius 3 is 3.00 bits per heavy atom. The zero-order chi connectivity index (χ0) is 17.9. The van der Waals surface area contributed by atoms with Gasteiger partial charge in [-0.25, -0.2) is 4.79 Å². The Kier molecular flexibility index (Phi) is 4.56. The maximum absolute atomic E-state index is 12.6. The molecule has 0 bridgehead atoms. The second-order valence-corrected chi connectivity index (χ2v) is 6.49. The second-order valence-electron chi connectivity index (χ2n) is 6.49. The molecule has 0 amide bonds. The number of aromatic nitrogens is 3. The van der Waals surface area contributed by atoms with Gasteiger partial charge in [0.15, 0.2) is 0 Å². The molecule has 1 unspecified atom stereocenters. The van der Waals surface area contributed by atoms with Gasteiger partial charge in [0, 0.05) is 37.1 Å². The highest BCUT2D eigenvalue weighted by molar-refractivity contribution is 6.05. The Morgan fingerprint density at radius 1 is 1.31 bits per heavy atom. The van der Waals surface area contributed by atoms with Crippen LogP contribution in [-0.4, -0.2) is 40.4 Å². The van der Waals surface area contributed by atoms with Crippen LogP contribution in [0, 0.1) is 0 Å². The Labute approximate surface area is 152 Å². The van der Waals surface area contributed by atoms with Crippen LogP contribution in [0.4, 0.5) is 5.69 Å². The first-order valence-corrected chi connectivity index (χ1v) is 9.07. The van der Waals surface area contributed by atoms with Gasteiger partial charge >= 0.3 is 5.97 Å². The normalized spacial score (nSPS) is 17.4. The number of hydrogen-bond donors (Lipinski definition) is 0. The van der Waals surface area contributed by atoms with Crippen LogP contribution < -0.4 is 4.90 Å². The molecule has 1 fully saturated rings. The molecule has 1 aromatic carbocycles. The Balaban J connectivity index is 1.78. The van der Waals surface area contributed by atoms with Gasteiger partial charge in [0.1, 0.15) is 5.56 Å². The van der Waals surface area contributed by atoms with Gasteiger partial charge in [0.05, 0.1) is 23.9 Å². The van der Waals surface area contributed by atoms with E-state index in [1.54, 1.807) is 6.20 Å². The van der Waals surface area contributed by atoms with E-state index in [1.165, 1.54) is 0 Å². The summed E-state index contributed by atoms with van der Waals surface area (Å²) in [5, 5.41) is 5.39. The number of rotatable bonds is 4. The Bertz CT molecular complexity index is 907. The highest BCUT2D eigenvalue weighted by Crippen LogP contribution is 2.34. The lowest BCUT2D eigenvalue weighted by Gasteiger charge is -2.35. The zero-order valence-electron chi connectivity index (χ0n) is 14.8. The quantitative estimate of drug-likeness (QED) is 0.675. The molecule has 1 aliphatic rings. The summed E-state index contributed by atoms with van der Waals surface area (Å²) < 4.78 is 7.30. The number of anilines is 1. The summed E-state index contributed by atoms with van der Waals surface area (Å²) >= 11 is 0. The Hall–Kier alpha value is -2.89. The maximum atomic E-state index is 12.6. The van der Waals surface area contributed by atoms with Crippen molar-refractivity contribution in [2.24, 2.45) is 0 Å². The van der Waals surface area contributed by atoms with Gasteiger partial charge in [-0.1, -0.05) is 18.2 Å². The molecule has 0 N–H and O–H groups in total. The number of pyridine rings is 1. The van der Waals surface area contributed by atoms with E-state index in [2.05, 4.69) is 15.0 Å². The van der Waals surface area contributed by atoms with Gasteiger partial charge in [0.2, 0.25) is 0 Å². The molecular weight excluding hydrogens is 328 g/mol. The lowest BCUT2D eigenvalue weighted by Crippen LogP contribution is -2.38. The molecule has 6 heteroatoms. The molecule has 4 rings (SSSR count). The minimum absolute atomic E-state index is 0.292. The minimum Gasteiger partial charge on any atom is -0.462 e. The average molecular weight is 350 g/mol. The van der Waals surface area contributed by atoms with E-state index >= 15 is 0 Å². The van der Waals surface area contributed by atoms with Crippen molar-refractivity contribution in [3.05, 3.63) is 54.5 Å². The third-order valence-corrected chi connectivity index (χ3v) is 4.85. The largest absolute Gasteiger partial charge is 0.462 e. The third kappa shape index (κ3) is 3.03. The SMILES string of the molecule is CCOC(=O)c1cnc2ccccc2c1N1CCCC(n2cccn2)C1. The standard InChI is InChI=1S/C20H22N4O2/c1-2-26-20(25)17-13-21-18-9-4-3-8-16(18)19(17)23-11-5-7-15(14-23)24-12-6-10-22-24/h3-4,6,8-10,12-13,15H,2,5,7,11,14H2,1H3. The molecule has 3 heterocycles. The van der Waals surface area contributed by atoms with Crippen LogP contribution in [0.1, 0.15) is 36.2 Å². The molecule has 1 aliphatic heterocycles. The Morgan fingerprint density at radius 2 is 2.19 bits per heavy atom. The number of para-hydroxylation sites is 1. The number of fused-ring (bicyclic) bond motifs is 1. The molecule has 1 atom stereocenters. The van der Waals surface area contributed by atoms with Gasteiger partial charge < -0.3 is 9.64 Å². The van der Waals surface area contributed by atoms with E-state index < -0.39 is 0 Å². The van der Waals surface area contributed by atoms with E-state index in [9.17, 15) is 4.79 Å². The highest BCUT2D eigenvalue weighted by atomic mass is 16.5. The van der Waals surface area contributed by atoms with Crippen molar-refractivity contribution in [1.29, 1.82) is 0 Å². The van der Waals surface area contributed by atoms with Crippen molar-refractivity contribution in [3.63, 3.8) is 0 Å². The van der Waals surface area contributed by atoms with Crippen molar-refractivity contribution in [2.75, 3.05) is 24.6 Å². The second kappa shape index (κ2) is 7.15. The zero-order valence-corrected chi connectivity index (χ0v) is 14.8. The maximum Gasteiger partial charge on any atom is 0.341 e. The van der Waals surface area contributed by atoms with Crippen LogP contribution in [0.25, 0.3) is 10.9 Å². The number of carbonyl (C=O) groups is 1. The number of esters is 1. The summed E-state index contributed by atoms with van der Waals surface area (Å²) in [6.07, 6.45) is 7.59. The summed E-state index contributed by atoms with van der Waals surface area (Å²) in [6.45, 7) is 3.88. The molecule has 2 aromatic heterocycles. The lowest BCUT2D eigenvalue weighted by atomic mass is 10.0. The first kappa shape index (κ1) is 16.6. The van der Waals surface area contributed by atoms with Crippen molar-refractivity contribution in [1.82, 2.24) is 14.8 Å². The molecule has 0 saturated carbocycles. The van der Waals surface area contributed by atoms with Crippen molar-refractivity contribution in [2.45, 2.75) is 25.8 Å². The average Bonchev–Trinajstić information content (AvgIpc) is 3.22. The molecule has 1 saturated heterocycles. The topological polar surface area (TPSA) is 60.2 Å². The number of ether oxygens (including phenoxy) is 1. The van der Waals surface area contributed by atoms with Gasteiger partial charge in [0.25, 0.3) is 0 Å². The van der Waals surface area contributed by atoms with Crippen LogP contribution >= 0.6 is 0 Å². The van der Waals surface area contributed by atoms with Gasteiger partial charge in [-0.05, 0) is 31.9 Å². The molecular formula is C20H22N4O2. The van der Waals surface area contributed by atoms with Crippen LogP contribution in [-0.2, 0) is 4.74 Å². The van der Waals surface area contributed by atoms with E-state index in [0.717, 1.165) is 42.5 Å². The van der Waals surface area contributed by atoms with Gasteiger partial charge in [-0.2, -0.15) is 5.10 Å². The summed E-state index contributed by atoms with van der Waals surface area (Å²) in [5.74, 6) is -0.318. The van der Waals surface area contributed by atoms with E-state index in [1.807, 2.05) is 54.3 Å². The van der Waals surface area contributed by atoms with E-state index in [0.29, 0.717) is 18.2 Å². The first-order valence-electron chi connectivity index (χ1n) is 9.07. The van der Waals surface area contributed by atoms with Crippen LogP contribution in [0.2, 0.25) is 0 Å². The number of benzene rings is 1. The summed E-state index contributed by atoms with van der Waals surface area (Å²) in [5.41, 5.74) is 2.34. The number of carbonyl (C=O) groups excluding carboxylic acids is 1. The summed E-state index contributed by atoms with van der Waals surface area (Å²) in [6, 6.07) is 10.2. The van der Waals surface area contributed by atoms with E-state index in [4.69, 9.17) is 4.74 Å². The third-order valence-electron chi connectivity index (χ3n) is 4.85. The molecule has 0 spiro atoms. The fourth-order valence-electron chi connectivity index (χ4n) is 3.70. The first-order chi connectivity index (χ1) is 12.8. The molecule has 6 nitrogen and oxygen atoms in total. The number of nitrogens with zero attached hydrogens (tertiary/aromatic N) is 4. The van der Waals surface area contributed by atoms with Crippen molar-refractivity contribution < 1.29 is 9.53 Å². The monoisotopic (exact) mass is 350 g/mol. The number of hydrogen-bond acceptors (Lipinski definition) is 5. The van der Waals surface area contributed by atoms with Gasteiger partial charge in [-0.3, -0.25) is 9.67 Å². The fraction of sp³-hybridized carbons (Fsp3) is 0.350. The fourth-order valence-corrected chi connectivity index (χ4v) is 3.70. The highest BCUT2D eigenvalue weighted by Gasteiger charge is 2.27. The summed E-state index contributed by atoms with van der Waals surface area (Å²) in [7, 11) is 0. The van der Waals surface area contributed by atoms with Crippen LogP contribution in [0.15, 0.2) is 48.9 Å². The predicted molar refractivity (Wildman–Crippen MR) is 100 cm³/mol. The van der Waals surface area contributed by atoms with Crippen LogP contribution in [0.5, 0.6) is 0 Å². The molecule has 26 heavy (non-hydrogen) atoms. The van der Waals surface area contributed by atoms with E-state index in [-0.39, 0.29) is 5.97 Å². The predicted octanol–water partition coefficient (Wildman–Crippen LogP) is 3.45. The summed E-state index contributed by atoms with van der Waals surface area (Å²) in [4.78, 5) is 19.3. The lowest BCUT2D eigenvalue weighted by molar-refractivity contribution is 0.0526. The smallest absolute Gasteiger partial charge is 0.341 e. The molecule has 3 aromatic rings. The van der Waals surface area contributed by atoms with Crippen LogP contribution in [0.3, 0.4) is 0 Å². The minimum atomic E-state index is -0.318. The number of piperidine rings is 1. The van der Waals surface area contributed by atoms with Crippen molar-refractivity contribution >= 4 is 22.6 Å². The molecule has 0 aliphatic carbocycles. The molecule has 134 valence electrons.